The van der Waals surface area contributed by atoms with E-state index < -0.39 is 0 Å². The summed E-state index contributed by atoms with van der Waals surface area (Å²) in [6, 6.07) is 15.2. The van der Waals surface area contributed by atoms with Crippen molar-refractivity contribution < 1.29 is 13.9 Å². The zero-order valence-electron chi connectivity index (χ0n) is 13.7. The molecule has 2 heterocycles. The van der Waals surface area contributed by atoms with Gasteiger partial charge >= 0.3 is 0 Å². The van der Waals surface area contributed by atoms with Gasteiger partial charge in [-0.05, 0) is 61.0 Å². The molecular formula is C20H17BrO3S. The van der Waals surface area contributed by atoms with Gasteiger partial charge in [0.05, 0.1) is 4.88 Å². The van der Waals surface area contributed by atoms with Crippen molar-refractivity contribution in [1.82, 2.24) is 0 Å². The summed E-state index contributed by atoms with van der Waals surface area (Å²) >= 11 is 4.94. The van der Waals surface area contributed by atoms with Gasteiger partial charge in [-0.15, -0.1) is 11.3 Å². The lowest BCUT2D eigenvalue weighted by Gasteiger charge is -2.03. The molecule has 3 rings (SSSR count). The van der Waals surface area contributed by atoms with E-state index in [1.807, 2.05) is 48.5 Å². The number of thiophene rings is 1. The molecule has 0 saturated carbocycles. The molecule has 3 aromatic rings. The topological polar surface area (TPSA) is 39.4 Å². The van der Waals surface area contributed by atoms with Crippen molar-refractivity contribution in [2.45, 2.75) is 20.0 Å². The SMILES string of the molecule is CCc1ccc(C(=O)/C=C/c2ccc(COc3cccc(Br)c3)o2)s1. The molecule has 2 aromatic heterocycles. The Morgan fingerprint density at radius 3 is 2.88 bits per heavy atom. The number of allylic oxidation sites excluding steroid dienone is 1. The number of halogens is 1. The molecule has 0 aliphatic carbocycles. The van der Waals surface area contributed by atoms with Crippen molar-refractivity contribution in [3.05, 3.63) is 80.4 Å². The molecule has 0 unspecified atom stereocenters. The second-order valence-corrected chi connectivity index (χ2v) is 7.45. The normalized spacial score (nSPS) is 11.1. The molecular weight excluding hydrogens is 400 g/mol. The van der Waals surface area contributed by atoms with Crippen LogP contribution in [0.2, 0.25) is 0 Å². The van der Waals surface area contributed by atoms with Gasteiger partial charge in [0.1, 0.15) is 23.9 Å². The molecule has 5 heteroatoms. The van der Waals surface area contributed by atoms with Gasteiger partial charge in [-0.3, -0.25) is 4.79 Å². The van der Waals surface area contributed by atoms with Crippen LogP contribution in [0.5, 0.6) is 5.75 Å². The van der Waals surface area contributed by atoms with Gasteiger partial charge in [0, 0.05) is 9.35 Å². The summed E-state index contributed by atoms with van der Waals surface area (Å²) < 4.78 is 12.3. The number of carbonyl (C=O) groups excluding carboxylic acids is 1. The molecule has 1 aromatic carbocycles. The summed E-state index contributed by atoms with van der Waals surface area (Å²) in [7, 11) is 0. The van der Waals surface area contributed by atoms with Crippen molar-refractivity contribution in [3.8, 4) is 5.75 Å². The first-order valence-corrected chi connectivity index (χ1v) is 9.53. The predicted molar refractivity (Wildman–Crippen MR) is 104 cm³/mol. The van der Waals surface area contributed by atoms with Gasteiger partial charge in [-0.2, -0.15) is 0 Å². The van der Waals surface area contributed by atoms with Crippen LogP contribution in [0.4, 0.5) is 0 Å². The van der Waals surface area contributed by atoms with E-state index in [1.54, 1.807) is 12.2 Å². The third kappa shape index (κ3) is 4.94. The van der Waals surface area contributed by atoms with E-state index in [1.165, 1.54) is 16.2 Å². The van der Waals surface area contributed by atoms with Crippen molar-refractivity contribution >= 4 is 39.1 Å². The number of hydrogen-bond donors (Lipinski definition) is 0. The highest BCUT2D eigenvalue weighted by Crippen LogP contribution is 2.21. The molecule has 0 atom stereocenters. The summed E-state index contributed by atoms with van der Waals surface area (Å²) in [5.74, 6) is 2.10. The molecule has 0 bridgehead atoms. The van der Waals surface area contributed by atoms with Gasteiger partial charge in [0.25, 0.3) is 0 Å². The number of rotatable bonds is 7. The third-order valence-electron chi connectivity index (χ3n) is 3.51. The maximum atomic E-state index is 12.1. The number of aryl methyl sites for hydroxylation is 1. The maximum Gasteiger partial charge on any atom is 0.195 e. The number of ether oxygens (including phenoxy) is 1. The van der Waals surface area contributed by atoms with Gasteiger partial charge in [0.2, 0.25) is 0 Å². The van der Waals surface area contributed by atoms with Crippen LogP contribution in [0.1, 0.15) is 33.0 Å². The average Bonchev–Trinajstić information content (AvgIpc) is 3.27. The van der Waals surface area contributed by atoms with Crippen molar-refractivity contribution in [2.75, 3.05) is 0 Å². The Labute approximate surface area is 159 Å². The lowest BCUT2D eigenvalue weighted by molar-refractivity contribution is 0.105. The molecule has 0 saturated heterocycles. The lowest BCUT2D eigenvalue weighted by atomic mass is 10.2. The Bertz CT molecular complexity index is 892. The Kier molecular flexibility index (Phi) is 5.89. The minimum atomic E-state index is -0.00645. The van der Waals surface area contributed by atoms with Crippen LogP contribution in [0.25, 0.3) is 6.08 Å². The van der Waals surface area contributed by atoms with Crippen LogP contribution in [0.15, 0.2) is 63.5 Å². The summed E-state index contributed by atoms with van der Waals surface area (Å²) in [6.07, 6.45) is 4.18. The number of benzene rings is 1. The fourth-order valence-electron chi connectivity index (χ4n) is 2.21. The van der Waals surface area contributed by atoms with Crippen LogP contribution >= 0.6 is 27.3 Å². The summed E-state index contributed by atoms with van der Waals surface area (Å²) in [4.78, 5) is 14.1. The first-order valence-electron chi connectivity index (χ1n) is 7.92. The van der Waals surface area contributed by atoms with E-state index >= 15 is 0 Å². The zero-order valence-corrected chi connectivity index (χ0v) is 16.1. The predicted octanol–water partition coefficient (Wildman–Crippen LogP) is 6.14. The van der Waals surface area contributed by atoms with E-state index in [9.17, 15) is 4.79 Å². The average molecular weight is 417 g/mol. The monoisotopic (exact) mass is 416 g/mol. The highest BCUT2D eigenvalue weighted by Gasteiger charge is 2.06. The minimum absolute atomic E-state index is 0.00645. The highest BCUT2D eigenvalue weighted by atomic mass is 79.9. The van der Waals surface area contributed by atoms with E-state index in [4.69, 9.17) is 9.15 Å². The Morgan fingerprint density at radius 1 is 1.24 bits per heavy atom. The number of hydrogen-bond acceptors (Lipinski definition) is 4. The smallest absolute Gasteiger partial charge is 0.195 e. The number of carbonyl (C=O) groups is 1. The highest BCUT2D eigenvalue weighted by molar-refractivity contribution is 9.10. The van der Waals surface area contributed by atoms with E-state index in [2.05, 4.69) is 22.9 Å². The van der Waals surface area contributed by atoms with E-state index in [0.717, 1.165) is 21.5 Å². The Balaban J connectivity index is 1.58. The van der Waals surface area contributed by atoms with E-state index in [0.29, 0.717) is 18.1 Å². The summed E-state index contributed by atoms with van der Waals surface area (Å²) in [5, 5.41) is 0. The molecule has 0 N–H and O–H groups in total. The first kappa shape index (κ1) is 17.7. The first-order chi connectivity index (χ1) is 12.1. The third-order valence-corrected chi connectivity index (χ3v) is 5.25. The van der Waals surface area contributed by atoms with Crippen LogP contribution in [0, 0.1) is 0 Å². The number of furan rings is 1. The standard InChI is InChI=1S/C20H17BrO3S/c1-2-18-9-11-20(25-18)19(22)10-8-15-6-7-17(24-15)13-23-16-5-3-4-14(21)12-16/h3-12H,2,13H2,1H3/b10-8+. The van der Waals surface area contributed by atoms with Crippen molar-refractivity contribution in [3.63, 3.8) is 0 Å². The maximum absolute atomic E-state index is 12.1. The van der Waals surface area contributed by atoms with Crippen LogP contribution in [-0.4, -0.2) is 5.78 Å². The zero-order chi connectivity index (χ0) is 17.6. The molecule has 3 nitrogen and oxygen atoms in total. The van der Waals surface area contributed by atoms with Gasteiger partial charge in [-0.25, -0.2) is 0 Å². The lowest BCUT2D eigenvalue weighted by Crippen LogP contribution is -1.93. The van der Waals surface area contributed by atoms with Crippen molar-refractivity contribution in [1.29, 1.82) is 0 Å². The molecule has 0 amide bonds. The fraction of sp³-hybridized carbons (Fsp3) is 0.150. The number of ketones is 1. The largest absolute Gasteiger partial charge is 0.486 e. The molecule has 0 radical (unpaired) electrons. The fourth-order valence-corrected chi connectivity index (χ4v) is 3.46. The Hall–Kier alpha value is -2.11. The summed E-state index contributed by atoms with van der Waals surface area (Å²) in [6.45, 7) is 2.42. The van der Waals surface area contributed by atoms with Crippen LogP contribution in [0.3, 0.4) is 0 Å². The summed E-state index contributed by atoms with van der Waals surface area (Å²) in [5.41, 5.74) is 0. The molecule has 0 aliphatic rings. The molecule has 0 spiro atoms. The minimum Gasteiger partial charge on any atom is -0.486 e. The van der Waals surface area contributed by atoms with Crippen LogP contribution < -0.4 is 4.74 Å². The molecule has 0 aliphatic heterocycles. The molecule has 128 valence electrons. The van der Waals surface area contributed by atoms with Crippen LogP contribution in [-0.2, 0) is 13.0 Å². The van der Waals surface area contributed by atoms with Gasteiger partial charge in [0.15, 0.2) is 5.78 Å². The second kappa shape index (κ2) is 8.32. The Morgan fingerprint density at radius 2 is 2.12 bits per heavy atom. The second-order valence-electron chi connectivity index (χ2n) is 5.37. The van der Waals surface area contributed by atoms with Gasteiger partial charge < -0.3 is 9.15 Å². The molecule has 0 fully saturated rings. The molecule has 25 heavy (non-hydrogen) atoms. The van der Waals surface area contributed by atoms with E-state index in [-0.39, 0.29) is 5.78 Å². The van der Waals surface area contributed by atoms with Gasteiger partial charge in [-0.1, -0.05) is 28.9 Å². The van der Waals surface area contributed by atoms with Crippen molar-refractivity contribution in [2.24, 2.45) is 0 Å². The quantitative estimate of drug-likeness (QED) is 0.342.